The minimum Gasteiger partial charge on any atom is -0.366 e. The number of fused-ring (bicyclic) bond motifs is 1. The lowest BCUT2D eigenvalue weighted by Gasteiger charge is -2.29. The van der Waals surface area contributed by atoms with Gasteiger partial charge in [-0.3, -0.25) is 14.8 Å². The Balaban J connectivity index is 2.12. The molecule has 2 N–H and O–H groups in total. The van der Waals surface area contributed by atoms with Crippen molar-refractivity contribution in [1.82, 2.24) is 19.9 Å². The second-order valence-corrected chi connectivity index (χ2v) is 3.84. The zero-order valence-corrected chi connectivity index (χ0v) is 9.39. The molecule has 0 bridgehead atoms. The van der Waals surface area contributed by atoms with Crippen LogP contribution in [-0.4, -0.2) is 32.3 Å². The average molecular weight is 242 g/mol. The third-order valence-electron chi connectivity index (χ3n) is 2.73. The number of aromatic nitrogens is 4. The molecule has 3 heterocycles. The van der Waals surface area contributed by atoms with Crippen LogP contribution in [0.3, 0.4) is 0 Å². The van der Waals surface area contributed by atoms with Gasteiger partial charge in [-0.2, -0.15) is 0 Å². The fourth-order valence-corrected chi connectivity index (χ4v) is 1.87. The Hall–Kier alpha value is -2.70. The highest BCUT2D eigenvalue weighted by atomic mass is 16.1. The third kappa shape index (κ3) is 1.61. The lowest BCUT2D eigenvalue weighted by atomic mass is 10.1. The molecule has 2 aromatic heterocycles. The fourth-order valence-electron chi connectivity index (χ4n) is 1.87. The van der Waals surface area contributed by atoms with Crippen LogP contribution in [0.25, 0.3) is 6.08 Å². The number of primary amides is 1. The van der Waals surface area contributed by atoms with Gasteiger partial charge in [0.05, 0.1) is 17.9 Å². The number of anilines is 1. The number of nitrogens with zero attached hydrogens (tertiary/aromatic N) is 5. The van der Waals surface area contributed by atoms with E-state index in [2.05, 4.69) is 15.2 Å². The van der Waals surface area contributed by atoms with E-state index in [1.807, 2.05) is 17.1 Å². The summed E-state index contributed by atoms with van der Waals surface area (Å²) in [5, 5.41) is 9.35. The summed E-state index contributed by atoms with van der Waals surface area (Å²) in [7, 11) is 0. The van der Waals surface area contributed by atoms with Crippen LogP contribution in [0, 0.1) is 0 Å². The van der Waals surface area contributed by atoms with Gasteiger partial charge in [0, 0.05) is 11.8 Å². The zero-order chi connectivity index (χ0) is 12.5. The molecule has 2 aromatic rings. The number of amides is 1. The van der Waals surface area contributed by atoms with Gasteiger partial charge in [0.2, 0.25) is 5.91 Å². The van der Waals surface area contributed by atoms with Crippen molar-refractivity contribution in [3.05, 3.63) is 42.3 Å². The molecule has 0 aromatic carbocycles. The molecule has 7 nitrogen and oxygen atoms in total. The molecule has 0 unspecified atom stereocenters. The molecule has 0 spiro atoms. The van der Waals surface area contributed by atoms with E-state index in [1.165, 1.54) is 0 Å². The summed E-state index contributed by atoms with van der Waals surface area (Å²) in [5.41, 5.74) is 7.41. The predicted molar refractivity (Wildman–Crippen MR) is 64.2 cm³/mol. The molecule has 0 saturated heterocycles. The lowest BCUT2D eigenvalue weighted by molar-refractivity contribution is -0.114. The standard InChI is InChI=1S/C11H10N6O/c12-11(18)8-4-9-10(2-1-3-13-9)17(5-8)16-6-14-15-7-16/h1-4,6-7H,5H2,(H2,12,18). The molecule has 1 aliphatic heterocycles. The first-order valence-electron chi connectivity index (χ1n) is 5.33. The van der Waals surface area contributed by atoms with Crippen LogP contribution in [0.15, 0.2) is 36.6 Å². The van der Waals surface area contributed by atoms with Gasteiger partial charge in [0.25, 0.3) is 0 Å². The third-order valence-corrected chi connectivity index (χ3v) is 2.73. The summed E-state index contributed by atoms with van der Waals surface area (Å²) in [6.45, 7) is 0.367. The monoisotopic (exact) mass is 242 g/mol. The van der Waals surface area contributed by atoms with Crippen LogP contribution < -0.4 is 10.7 Å². The molecule has 0 radical (unpaired) electrons. The summed E-state index contributed by atoms with van der Waals surface area (Å²) >= 11 is 0. The maximum absolute atomic E-state index is 11.3. The van der Waals surface area contributed by atoms with E-state index in [1.54, 1.807) is 29.6 Å². The molecule has 3 rings (SSSR count). The number of carbonyl (C=O) groups is 1. The van der Waals surface area contributed by atoms with E-state index in [-0.39, 0.29) is 0 Å². The molecule has 90 valence electrons. The summed E-state index contributed by atoms with van der Waals surface area (Å²) in [6.07, 6.45) is 6.49. The van der Waals surface area contributed by atoms with E-state index in [9.17, 15) is 4.79 Å². The first kappa shape index (κ1) is 10.5. The van der Waals surface area contributed by atoms with E-state index >= 15 is 0 Å². The second kappa shape index (κ2) is 3.95. The second-order valence-electron chi connectivity index (χ2n) is 3.84. The van der Waals surface area contributed by atoms with Gasteiger partial charge in [0.1, 0.15) is 12.7 Å². The minimum atomic E-state index is -0.454. The van der Waals surface area contributed by atoms with Gasteiger partial charge in [-0.05, 0) is 18.2 Å². The zero-order valence-electron chi connectivity index (χ0n) is 9.39. The normalized spacial score (nSPS) is 14.0. The van der Waals surface area contributed by atoms with Crippen LogP contribution in [-0.2, 0) is 4.79 Å². The van der Waals surface area contributed by atoms with E-state index < -0.39 is 5.91 Å². The number of nitrogens with two attached hydrogens (primary N) is 1. The predicted octanol–water partition coefficient (Wildman–Crippen LogP) is -0.175. The smallest absolute Gasteiger partial charge is 0.246 e. The van der Waals surface area contributed by atoms with Crippen molar-refractivity contribution in [3.63, 3.8) is 0 Å². The maximum atomic E-state index is 11.3. The molecular formula is C11H10N6O. The van der Waals surface area contributed by atoms with Crippen LogP contribution in [0.1, 0.15) is 5.69 Å². The number of carbonyl (C=O) groups excluding carboxylic acids is 1. The van der Waals surface area contributed by atoms with Crippen LogP contribution >= 0.6 is 0 Å². The number of rotatable bonds is 2. The van der Waals surface area contributed by atoms with Gasteiger partial charge in [-0.25, -0.2) is 4.68 Å². The maximum Gasteiger partial charge on any atom is 0.246 e. The quantitative estimate of drug-likeness (QED) is 0.789. The SMILES string of the molecule is NC(=O)C1=Cc2ncccc2N(n2cnnc2)C1. The largest absolute Gasteiger partial charge is 0.366 e. The van der Waals surface area contributed by atoms with Crippen molar-refractivity contribution in [3.8, 4) is 0 Å². The Morgan fingerprint density at radius 1 is 1.33 bits per heavy atom. The van der Waals surface area contributed by atoms with Crippen molar-refractivity contribution < 1.29 is 4.79 Å². The van der Waals surface area contributed by atoms with Gasteiger partial charge in [-0.15, -0.1) is 10.2 Å². The van der Waals surface area contributed by atoms with Crippen molar-refractivity contribution in [1.29, 1.82) is 0 Å². The molecule has 0 aliphatic carbocycles. The molecule has 0 atom stereocenters. The average Bonchev–Trinajstić information content (AvgIpc) is 2.91. The van der Waals surface area contributed by atoms with E-state index in [0.29, 0.717) is 17.8 Å². The van der Waals surface area contributed by atoms with E-state index in [0.717, 1.165) is 5.69 Å². The first-order chi connectivity index (χ1) is 8.75. The van der Waals surface area contributed by atoms with Crippen molar-refractivity contribution in [2.45, 2.75) is 0 Å². The molecule has 0 fully saturated rings. The van der Waals surface area contributed by atoms with Crippen molar-refractivity contribution in [2.75, 3.05) is 11.6 Å². The Morgan fingerprint density at radius 3 is 2.83 bits per heavy atom. The van der Waals surface area contributed by atoms with Crippen molar-refractivity contribution in [2.24, 2.45) is 5.73 Å². The molecule has 1 aliphatic rings. The highest BCUT2D eigenvalue weighted by Crippen LogP contribution is 2.26. The number of hydrogen-bond acceptors (Lipinski definition) is 5. The Morgan fingerprint density at radius 2 is 2.11 bits per heavy atom. The molecule has 1 amide bonds. The molecular weight excluding hydrogens is 232 g/mol. The lowest BCUT2D eigenvalue weighted by Crippen LogP contribution is -2.36. The Labute approximate surface area is 103 Å². The van der Waals surface area contributed by atoms with Crippen molar-refractivity contribution >= 4 is 17.7 Å². The first-order valence-corrected chi connectivity index (χ1v) is 5.33. The summed E-state index contributed by atoms with van der Waals surface area (Å²) in [6, 6.07) is 3.75. The van der Waals surface area contributed by atoms with Crippen LogP contribution in [0.5, 0.6) is 0 Å². The fraction of sp³-hybridized carbons (Fsp3) is 0.0909. The summed E-state index contributed by atoms with van der Waals surface area (Å²) in [5.74, 6) is -0.454. The summed E-state index contributed by atoms with van der Waals surface area (Å²) in [4.78, 5) is 15.6. The summed E-state index contributed by atoms with van der Waals surface area (Å²) < 4.78 is 1.69. The molecule has 18 heavy (non-hydrogen) atoms. The van der Waals surface area contributed by atoms with E-state index in [4.69, 9.17) is 5.73 Å². The molecule has 7 heteroatoms. The Bertz CT molecular complexity index is 618. The van der Waals surface area contributed by atoms with Crippen LogP contribution in [0.2, 0.25) is 0 Å². The van der Waals surface area contributed by atoms with Crippen LogP contribution in [0.4, 0.5) is 5.69 Å². The number of pyridine rings is 1. The van der Waals surface area contributed by atoms with Gasteiger partial charge < -0.3 is 5.73 Å². The highest BCUT2D eigenvalue weighted by molar-refractivity contribution is 5.99. The minimum absolute atomic E-state index is 0.367. The topological polar surface area (TPSA) is 89.9 Å². The van der Waals surface area contributed by atoms with Gasteiger partial charge in [-0.1, -0.05) is 0 Å². The molecule has 0 saturated carbocycles. The van der Waals surface area contributed by atoms with Gasteiger partial charge in [0.15, 0.2) is 0 Å². The Kier molecular flexibility index (Phi) is 2.30. The number of hydrogen-bond donors (Lipinski definition) is 1. The van der Waals surface area contributed by atoms with Gasteiger partial charge >= 0.3 is 0 Å². The highest BCUT2D eigenvalue weighted by Gasteiger charge is 2.22.